The molecule has 0 radical (unpaired) electrons. The van der Waals surface area contributed by atoms with Gasteiger partial charge in [-0.15, -0.1) is 0 Å². The number of aromatic amines is 1. The number of H-pyrrole nitrogens is 1. The number of hydrogen-bond acceptors (Lipinski definition) is 4. The molecular formula is C26H26N4O2S. The number of aryl methyl sites for hydroxylation is 1. The van der Waals surface area contributed by atoms with E-state index in [9.17, 15) is 9.59 Å². The monoisotopic (exact) mass is 458 g/mol. The van der Waals surface area contributed by atoms with Gasteiger partial charge in [0.05, 0.1) is 17.6 Å². The molecule has 1 heterocycles. The molecule has 1 aromatic heterocycles. The van der Waals surface area contributed by atoms with E-state index >= 15 is 0 Å². The van der Waals surface area contributed by atoms with E-state index in [0.29, 0.717) is 11.3 Å². The van der Waals surface area contributed by atoms with Gasteiger partial charge in [0, 0.05) is 24.1 Å². The summed E-state index contributed by atoms with van der Waals surface area (Å²) in [5, 5.41) is 3.73. The maximum Gasteiger partial charge on any atom is 0.254 e. The summed E-state index contributed by atoms with van der Waals surface area (Å²) in [5.74, 6) is 0.182. The fraction of sp³-hybridized carbons (Fsp3) is 0.192. The molecule has 0 unspecified atom stereocenters. The van der Waals surface area contributed by atoms with Crippen LogP contribution >= 0.6 is 11.8 Å². The summed E-state index contributed by atoms with van der Waals surface area (Å²) in [6.45, 7) is 2.02. The van der Waals surface area contributed by atoms with E-state index in [-0.39, 0.29) is 18.4 Å². The van der Waals surface area contributed by atoms with Crippen LogP contribution in [-0.2, 0) is 17.0 Å². The highest BCUT2D eigenvalue weighted by atomic mass is 32.2. The second kappa shape index (κ2) is 10.4. The molecule has 0 aliphatic carbocycles. The number of benzene rings is 3. The second-order valence-corrected chi connectivity index (χ2v) is 8.69. The van der Waals surface area contributed by atoms with Crippen LogP contribution in [0.4, 0.5) is 5.69 Å². The number of anilines is 1. The van der Waals surface area contributed by atoms with Crippen LogP contribution in [0.5, 0.6) is 0 Å². The third-order valence-electron chi connectivity index (χ3n) is 5.38. The Bertz CT molecular complexity index is 1250. The number of hydrogen-bond donors (Lipinski definition) is 2. The lowest BCUT2D eigenvalue weighted by atomic mass is 10.1. The number of thioether (sulfide) groups is 1. The van der Waals surface area contributed by atoms with Gasteiger partial charge in [-0.25, -0.2) is 4.98 Å². The van der Waals surface area contributed by atoms with Gasteiger partial charge in [0.1, 0.15) is 0 Å². The molecule has 0 aliphatic heterocycles. The van der Waals surface area contributed by atoms with Crippen LogP contribution in [-0.4, -0.2) is 40.3 Å². The fourth-order valence-corrected chi connectivity index (χ4v) is 4.52. The number of aromatic nitrogens is 2. The van der Waals surface area contributed by atoms with Crippen LogP contribution in [0, 0.1) is 0 Å². The average molecular weight is 459 g/mol. The molecule has 3 aromatic carbocycles. The first-order valence-corrected chi connectivity index (χ1v) is 11.8. The van der Waals surface area contributed by atoms with Crippen molar-refractivity contribution in [3.63, 3.8) is 0 Å². The maximum absolute atomic E-state index is 13.1. The van der Waals surface area contributed by atoms with Crippen molar-refractivity contribution in [3.05, 3.63) is 89.5 Å². The molecule has 4 rings (SSSR count). The number of nitrogens with zero attached hydrogens (tertiary/aromatic N) is 2. The van der Waals surface area contributed by atoms with Crippen LogP contribution in [0.1, 0.15) is 28.4 Å². The van der Waals surface area contributed by atoms with Crippen molar-refractivity contribution >= 4 is 40.3 Å². The minimum absolute atomic E-state index is 0.0259. The smallest absolute Gasteiger partial charge is 0.254 e. The zero-order chi connectivity index (χ0) is 23.2. The predicted molar refractivity (Wildman–Crippen MR) is 134 cm³/mol. The first-order chi connectivity index (χ1) is 16.0. The summed E-state index contributed by atoms with van der Waals surface area (Å²) in [6, 6.07) is 23.1. The first kappa shape index (κ1) is 22.6. The molecular weight excluding hydrogens is 432 g/mol. The lowest BCUT2D eigenvalue weighted by molar-refractivity contribution is -0.116. The van der Waals surface area contributed by atoms with E-state index in [1.165, 1.54) is 4.90 Å². The second-order valence-electron chi connectivity index (χ2n) is 7.73. The molecule has 0 fully saturated rings. The van der Waals surface area contributed by atoms with E-state index in [1.807, 2.05) is 73.7 Å². The summed E-state index contributed by atoms with van der Waals surface area (Å²) in [5.41, 5.74) is 5.24. The highest BCUT2D eigenvalue weighted by Crippen LogP contribution is 2.25. The van der Waals surface area contributed by atoms with Crippen molar-refractivity contribution < 1.29 is 9.59 Å². The van der Waals surface area contributed by atoms with Gasteiger partial charge >= 0.3 is 0 Å². The van der Waals surface area contributed by atoms with E-state index in [4.69, 9.17) is 0 Å². The van der Waals surface area contributed by atoms with Gasteiger partial charge in [-0.2, -0.15) is 0 Å². The summed E-state index contributed by atoms with van der Waals surface area (Å²) >= 11 is 1.55. The number of likely N-dealkylation sites (N-methyl/N-ethyl adjacent to an activating group) is 1. The highest BCUT2D eigenvalue weighted by molar-refractivity contribution is 7.98. The number of para-hydroxylation sites is 3. The van der Waals surface area contributed by atoms with Gasteiger partial charge in [-0.05, 0) is 41.8 Å². The average Bonchev–Trinajstić information content (AvgIpc) is 3.26. The molecule has 2 N–H and O–H groups in total. The molecule has 0 bridgehead atoms. The molecule has 0 saturated heterocycles. The van der Waals surface area contributed by atoms with Crippen LogP contribution in [0.2, 0.25) is 0 Å². The zero-order valence-electron chi connectivity index (χ0n) is 18.7. The van der Waals surface area contributed by atoms with Crippen molar-refractivity contribution in [2.45, 2.75) is 24.3 Å². The Morgan fingerprint density at radius 2 is 1.67 bits per heavy atom. The summed E-state index contributed by atoms with van der Waals surface area (Å²) in [7, 11) is 1.65. The summed E-state index contributed by atoms with van der Waals surface area (Å²) in [6.07, 6.45) is 0.821. The van der Waals surface area contributed by atoms with Crippen LogP contribution in [0.15, 0.2) is 78.0 Å². The molecule has 168 valence electrons. The number of carbonyl (C=O) groups excluding carboxylic acids is 2. The Labute approximate surface area is 197 Å². The van der Waals surface area contributed by atoms with Crippen LogP contribution < -0.4 is 5.32 Å². The van der Waals surface area contributed by atoms with Gasteiger partial charge in [0.2, 0.25) is 5.91 Å². The molecule has 4 aromatic rings. The Morgan fingerprint density at radius 3 is 2.45 bits per heavy atom. The van der Waals surface area contributed by atoms with Gasteiger partial charge < -0.3 is 15.2 Å². The molecule has 0 spiro atoms. The largest absolute Gasteiger partial charge is 0.333 e. The minimum Gasteiger partial charge on any atom is -0.333 e. The Hall–Kier alpha value is -3.58. The van der Waals surface area contributed by atoms with Gasteiger partial charge in [-0.3, -0.25) is 9.59 Å². The molecule has 0 aliphatic rings. The zero-order valence-corrected chi connectivity index (χ0v) is 19.5. The van der Waals surface area contributed by atoms with E-state index in [0.717, 1.165) is 39.4 Å². The third-order valence-corrected chi connectivity index (χ3v) is 6.30. The molecule has 6 nitrogen and oxygen atoms in total. The quantitative estimate of drug-likeness (QED) is 0.359. The molecule has 0 saturated carbocycles. The lowest BCUT2D eigenvalue weighted by Gasteiger charge is -2.19. The number of carbonyl (C=O) groups is 2. The molecule has 2 amide bonds. The summed E-state index contributed by atoms with van der Waals surface area (Å²) < 4.78 is 0. The number of imidazole rings is 1. The van der Waals surface area contributed by atoms with Crippen molar-refractivity contribution in [3.8, 4) is 0 Å². The number of amides is 2. The Morgan fingerprint density at radius 1 is 0.970 bits per heavy atom. The Balaban J connectivity index is 1.41. The number of rotatable bonds is 8. The van der Waals surface area contributed by atoms with Gasteiger partial charge in [-0.1, -0.05) is 67.2 Å². The Kier molecular flexibility index (Phi) is 7.10. The highest BCUT2D eigenvalue weighted by Gasteiger charge is 2.19. The van der Waals surface area contributed by atoms with E-state index < -0.39 is 0 Å². The summed E-state index contributed by atoms with van der Waals surface area (Å²) in [4.78, 5) is 35.1. The van der Waals surface area contributed by atoms with Crippen molar-refractivity contribution in [1.82, 2.24) is 14.9 Å². The van der Waals surface area contributed by atoms with E-state index in [1.54, 1.807) is 24.9 Å². The fourth-order valence-electron chi connectivity index (χ4n) is 3.63. The predicted octanol–water partition coefficient (Wildman–Crippen LogP) is 5.13. The SMILES string of the molecule is CCc1ccccc1NC(=O)CN(C)C(=O)c1ccccc1CSc1nc2ccccc2[nH]1. The normalized spacial score (nSPS) is 10.8. The maximum atomic E-state index is 13.1. The van der Waals surface area contributed by atoms with Crippen molar-refractivity contribution in [1.29, 1.82) is 0 Å². The number of fused-ring (bicyclic) bond motifs is 1. The molecule has 7 heteroatoms. The molecule has 33 heavy (non-hydrogen) atoms. The van der Waals surface area contributed by atoms with Crippen molar-refractivity contribution in [2.24, 2.45) is 0 Å². The minimum atomic E-state index is -0.221. The molecule has 0 atom stereocenters. The lowest BCUT2D eigenvalue weighted by Crippen LogP contribution is -2.35. The van der Waals surface area contributed by atoms with E-state index in [2.05, 4.69) is 15.3 Å². The van der Waals surface area contributed by atoms with Crippen LogP contribution in [0.25, 0.3) is 11.0 Å². The standard InChI is InChI=1S/C26H26N4O2S/c1-3-18-10-5-7-13-21(18)27-24(31)16-30(2)25(32)20-12-6-4-11-19(20)17-33-26-28-22-14-8-9-15-23(22)29-26/h4-15H,3,16-17H2,1-2H3,(H,27,31)(H,28,29). The third kappa shape index (κ3) is 5.43. The van der Waals surface area contributed by atoms with Gasteiger partial charge in [0.15, 0.2) is 5.16 Å². The van der Waals surface area contributed by atoms with Crippen LogP contribution in [0.3, 0.4) is 0 Å². The number of nitrogens with one attached hydrogen (secondary N) is 2. The first-order valence-electron chi connectivity index (χ1n) is 10.8. The topological polar surface area (TPSA) is 78.1 Å². The van der Waals surface area contributed by atoms with Crippen molar-refractivity contribution in [2.75, 3.05) is 18.9 Å². The van der Waals surface area contributed by atoms with Gasteiger partial charge in [0.25, 0.3) is 5.91 Å².